The van der Waals surface area contributed by atoms with E-state index in [1.54, 1.807) is 22.8 Å². The number of ether oxygens (including phenoxy) is 2. The summed E-state index contributed by atoms with van der Waals surface area (Å²) in [5.41, 5.74) is 1.22. The fraction of sp³-hybridized carbons (Fsp3) is 0.400. The number of aromatic nitrogens is 1. The van der Waals surface area contributed by atoms with Gasteiger partial charge in [0.2, 0.25) is 0 Å². The molecule has 4 nitrogen and oxygen atoms in total. The Morgan fingerprint density at radius 2 is 1.76 bits per heavy atom. The number of halogens is 4. The van der Waals surface area contributed by atoms with Crippen LogP contribution in [0.15, 0.2) is 53.3 Å². The van der Waals surface area contributed by atoms with Gasteiger partial charge in [-0.2, -0.15) is 13.2 Å². The zero-order valence-electron chi connectivity index (χ0n) is 18.6. The maximum atomic E-state index is 13.2. The SMILES string of the molecule is CC(C)Cn1c(CCl)c(OCCCC(F)(F)F)c2cc(OCc3ccccc3)ccc2c1=O. The van der Waals surface area contributed by atoms with E-state index in [0.717, 1.165) is 5.56 Å². The molecule has 0 aliphatic rings. The average Bonchev–Trinajstić information content (AvgIpc) is 2.77. The van der Waals surface area contributed by atoms with Crippen molar-refractivity contribution in [3.63, 3.8) is 0 Å². The van der Waals surface area contributed by atoms with Gasteiger partial charge in [0.05, 0.1) is 23.6 Å². The molecule has 1 aromatic heterocycles. The van der Waals surface area contributed by atoms with Crippen LogP contribution in [0.5, 0.6) is 11.5 Å². The summed E-state index contributed by atoms with van der Waals surface area (Å²) < 4.78 is 51.0. The van der Waals surface area contributed by atoms with Crippen molar-refractivity contribution in [2.75, 3.05) is 6.61 Å². The first-order valence-corrected chi connectivity index (χ1v) is 11.3. The van der Waals surface area contributed by atoms with Crippen molar-refractivity contribution in [1.82, 2.24) is 4.57 Å². The van der Waals surface area contributed by atoms with Crippen LogP contribution in [0.2, 0.25) is 0 Å². The summed E-state index contributed by atoms with van der Waals surface area (Å²) >= 11 is 6.21. The van der Waals surface area contributed by atoms with E-state index in [2.05, 4.69) is 0 Å². The van der Waals surface area contributed by atoms with Crippen molar-refractivity contribution in [1.29, 1.82) is 0 Å². The molecular formula is C25H27ClF3NO3. The van der Waals surface area contributed by atoms with Crippen molar-refractivity contribution in [2.24, 2.45) is 5.92 Å². The Kier molecular flexibility index (Phi) is 8.30. The average molecular weight is 482 g/mol. The normalized spacial score (nSPS) is 11.8. The quantitative estimate of drug-likeness (QED) is 0.239. The predicted octanol–water partition coefficient (Wildman–Crippen LogP) is 6.70. The van der Waals surface area contributed by atoms with Gasteiger partial charge in [-0.05, 0) is 36.1 Å². The molecule has 178 valence electrons. The molecule has 0 fully saturated rings. The van der Waals surface area contributed by atoms with Gasteiger partial charge in [-0.25, -0.2) is 0 Å². The Morgan fingerprint density at radius 3 is 2.39 bits per heavy atom. The first-order valence-electron chi connectivity index (χ1n) is 10.8. The van der Waals surface area contributed by atoms with Gasteiger partial charge in [0.1, 0.15) is 18.1 Å². The van der Waals surface area contributed by atoms with Gasteiger partial charge in [0.25, 0.3) is 5.56 Å². The molecule has 1 heterocycles. The Hall–Kier alpha value is -2.67. The van der Waals surface area contributed by atoms with Crippen molar-refractivity contribution >= 4 is 22.4 Å². The molecule has 0 amide bonds. The van der Waals surface area contributed by atoms with Crippen LogP contribution in [-0.2, 0) is 19.0 Å². The molecule has 0 saturated heterocycles. The molecule has 0 spiro atoms. The van der Waals surface area contributed by atoms with E-state index in [1.165, 1.54) is 0 Å². The highest BCUT2D eigenvalue weighted by atomic mass is 35.5. The van der Waals surface area contributed by atoms with Gasteiger partial charge in [0.15, 0.2) is 0 Å². The van der Waals surface area contributed by atoms with E-state index in [0.29, 0.717) is 41.1 Å². The zero-order chi connectivity index (χ0) is 24.0. The molecule has 0 aliphatic carbocycles. The molecule has 8 heteroatoms. The lowest BCUT2D eigenvalue weighted by Crippen LogP contribution is -2.26. The van der Waals surface area contributed by atoms with Crippen molar-refractivity contribution in [3.05, 3.63) is 70.1 Å². The van der Waals surface area contributed by atoms with Crippen LogP contribution in [0.3, 0.4) is 0 Å². The maximum absolute atomic E-state index is 13.2. The number of pyridine rings is 1. The topological polar surface area (TPSA) is 40.5 Å². The van der Waals surface area contributed by atoms with Gasteiger partial charge in [-0.3, -0.25) is 4.79 Å². The van der Waals surface area contributed by atoms with Crippen LogP contribution in [-0.4, -0.2) is 17.4 Å². The highest BCUT2D eigenvalue weighted by molar-refractivity contribution is 6.17. The van der Waals surface area contributed by atoms with E-state index in [-0.39, 0.29) is 30.4 Å². The monoisotopic (exact) mass is 481 g/mol. The van der Waals surface area contributed by atoms with E-state index >= 15 is 0 Å². The highest BCUT2D eigenvalue weighted by Crippen LogP contribution is 2.33. The molecular weight excluding hydrogens is 455 g/mol. The Labute approximate surface area is 195 Å². The number of benzene rings is 2. The molecule has 0 saturated carbocycles. The van der Waals surface area contributed by atoms with Gasteiger partial charge in [-0.1, -0.05) is 44.2 Å². The molecule has 0 atom stereocenters. The summed E-state index contributed by atoms with van der Waals surface area (Å²) in [4.78, 5) is 13.2. The number of hydrogen-bond donors (Lipinski definition) is 0. The second-order valence-electron chi connectivity index (χ2n) is 8.27. The van der Waals surface area contributed by atoms with E-state index in [4.69, 9.17) is 21.1 Å². The van der Waals surface area contributed by atoms with E-state index in [1.807, 2.05) is 44.2 Å². The highest BCUT2D eigenvalue weighted by Gasteiger charge is 2.26. The van der Waals surface area contributed by atoms with Crippen LogP contribution in [0, 0.1) is 5.92 Å². The molecule has 33 heavy (non-hydrogen) atoms. The summed E-state index contributed by atoms with van der Waals surface area (Å²) in [6.45, 7) is 4.55. The number of alkyl halides is 4. The van der Waals surface area contributed by atoms with Crippen molar-refractivity contribution in [2.45, 2.75) is 51.9 Å². The van der Waals surface area contributed by atoms with Gasteiger partial charge >= 0.3 is 6.18 Å². The Balaban J connectivity index is 2.00. The fourth-order valence-electron chi connectivity index (χ4n) is 3.57. The van der Waals surface area contributed by atoms with Crippen molar-refractivity contribution < 1.29 is 22.6 Å². The maximum Gasteiger partial charge on any atom is 0.389 e. The second-order valence-corrected chi connectivity index (χ2v) is 8.54. The number of rotatable bonds is 10. The molecule has 0 N–H and O–H groups in total. The summed E-state index contributed by atoms with van der Waals surface area (Å²) in [6, 6.07) is 14.7. The summed E-state index contributed by atoms with van der Waals surface area (Å²) in [5, 5.41) is 0.885. The third-order valence-electron chi connectivity index (χ3n) is 5.07. The van der Waals surface area contributed by atoms with Gasteiger partial charge in [0, 0.05) is 18.4 Å². The second kappa shape index (κ2) is 11.0. The predicted molar refractivity (Wildman–Crippen MR) is 124 cm³/mol. The molecule has 0 radical (unpaired) electrons. The minimum Gasteiger partial charge on any atom is -0.491 e. The molecule has 3 aromatic rings. The Morgan fingerprint density at radius 1 is 1.03 bits per heavy atom. The Bertz CT molecular complexity index is 1130. The largest absolute Gasteiger partial charge is 0.491 e. The minimum absolute atomic E-state index is 0.0123. The van der Waals surface area contributed by atoms with Crippen LogP contribution in [0.1, 0.15) is 37.9 Å². The first-order chi connectivity index (χ1) is 15.7. The smallest absolute Gasteiger partial charge is 0.389 e. The number of nitrogens with zero attached hydrogens (tertiary/aromatic N) is 1. The van der Waals surface area contributed by atoms with E-state index in [9.17, 15) is 18.0 Å². The van der Waals surface area contributed by atoms with Crippen LogP contribution < -0.4 is 15.0 Å². The third kappa shape index (κ3) is 6.67. The molecule has 2 aromatic carbocycles. The van der Waals surface area contributed by atoms with Crippen molar-refractivity contribution in [3.8, 4) is 11.5 Å². The van der Waals surface area contributed by atoms with Crippen LogP contribution >= 0.6 is 11.6 Å². The molecule has 0 bridgehead atoms. The zero-order valence-corrected chi connectivity index (χ0v) is 19.4. The summed E-state index contributed by atoms with van der Waals surface area (Å²) in [7, 11) is 0. The lowest BCUT2D eigenvalue weighted by atomic mass is 10.1. The fourth-order valence-corrected chi connectivity index (χ4v) is 3.84. The summed E-state index contributed by atoms with van der Waals surface area (Å²) in [5.74, 6) is 0.996. The standard InChI is InChI=1S/C25H27ClF3NO3/c1-17(2)15-30-22(14-26)23(32-12-6-11-25(27,28)29)21-13-19(9-10-20(21)24(30)31)33-16-18-7-4-3-5-8-18/h3-5,7-10,13,17H,6,11-12,14-16H2,1-2H3. The first kappa shape index (κ1) is 25.0. The third-order valence-corrected chi connectivity index (χ3v) is 5.33. The van der Waals surface area contributed by atoms with Crippen LogP contribution in [0.4, 0.5) is 13.2 Å². The van der Waals surface area contributed by atoms with Gasteiger partial charge in [-0.15, -0.1) is 11.6 Å². The molecule has 3 rings (SSSR count). The lowest BCUT2D eigenvalue weighted by Gasteiger charge is -2.20. The molecule has 0 unspecified atom stereocenters. The number of hydrogen-bond acceptors (Lipinski definition) is 3. The van der Waals surface area contributed by atoms with E-state index < -0.39 is 12.6 Å². The van der Waals surface area contributed by atoms with Gasteiger partial charge < -0.3 is 14.0 Å². The molecule has 0 aliphatic heterocycles. The number of fused-ring (bicyclic) bond motifs is 1. The minimum atomic E-state index is -4.25. The van der Waals surface area contributed by atoms with Crippen LogP contribution in [0.25, 0.3) is 10.8 Å². The lowest BCUT2D eigenvalue weighted by molar-refractivity contribution is -0.136. The summed E-state index contributed by atoms with van der Waals surface area (Å²) in [6.07, 6.45) is -5.39.